The minimum atomic E-state index is -4.42. The molecule has 0 unspecified atom stereocenters. The van der Waals surface area contributed by atoms with E-state index in [4.69, 9.17) is 0 Å². The van der Waals surface area contributed by atoms with Crippen LogP contribution in [0.2, 0.25) is 0 Å². The lowest BCUT2D eigenvalue weighted by atomic mass is 9.98. The average molecular weight is 625 g/mol. The largest absolute Gasteiger partial charge is 0.416 e. The number of halogens is 5. The third kappa shape index (κ3) is 7.00. The lowest BCUT2D eigenvalue weighted by Gasteiger charge is -2.32. The Balaban J connectivity index is 0.000000187. The molecule has 1 fully saturated rings. The Morgan fingerprint density at radius 3 is 2.51 bits per heavy atom. The van der Waals surface area contributed by atoms with Crippen LogP contribution in [0.5, 0.6) is 0 Å². The zero-order valence-electron chi connectivity index (χ0n) is 24.3. The van der Waals surface area contributed by atoms with Gasteiger partial charge in [-0.05, 0) is 61.2 Å². The van der Waals surface area contributed by atoms with Crippen molar-refractivity contribution in [1.29, 1.82) is 0 Å². The Bertz CT molecular complexity index is 1800. The maximum absolute atomic E-state index is 14.5. The predicted octanol–water partition coefficient (Wildman–Crippen LogP) is 7.23. The van der Waals surface area contributed by atoms with Gasteiger partial charge >= 0.3 is 6.18 Å². The Hall–Kier alpha value is -5.14. The highest BCUT2D eigenvalue weighted by molar-refractivity contribution is 5.91. The van der Waals surface area contributed by atoms with E-state index in [1.54, 1.807) is 19.2 Å². The van der Waals surface area contributed by atoms with Crippen LogP contribution in [0.15, 0.2) is 61.3 Å². The van der Waals surface area contributed by atoms with Crippen molar-refractivity contribution in [2.24, 2.45) is 5.92 Å². The number of alkyl halides is 3. The molecular weight excluding hydrogens is 595 g/mol. The van der Waals surface area contributed by atoms with Crippen molar-refractivity contribution < 1.29 is 26.7 Å². The molecule has 45 heavy (non-hydrogen) atoms. The lowest BCUT2D eigenvalue weighted by Crippen LogP contribution is -2.33. The van der Waals surface area contributed by atoms with E-state index in [0.717, 1.165) is 38.1 Å². The molecule has 0 aliphatic carbocycles. The van der Waals surface area contributed by atoms with E-state index in [-0.39, 0.29) is 22.8 Å². The summed E-state index contributed by atoms with van der Waals surface area (Å²) in [5.74, 6) is -0.605. The molecule has 4 heterocycles. The summed E-state index contributed by atoms with van der Waals surface area (Å²) in [5, 5.41) is 5.42. The number of carbonyl (C=O) groups excluding carboxylic acids is 1. The number of nitrogens with one attached hydrogen (secondary N) is 3. The standard InChI is InChI=1S/C17H13F2N7.C14H16F3NO/c1-20-11-5-4-10(18)14(12(11)19)26-16-9(3-2-6-21-16)13-15-17(24-7-22-13)25-8-23-15;1-10-2-4-18(5-3-10)13-7-11(9-19)6-12(8-13)14(15,16)17/h2-8,20H,1H3,(H,21,26)(H,22,23,24,25);6-10H,2-5H2,1H3. The molecule has 5 aromatic rings. The summed E-state index contributed by atoms with van der Waals surface area (Å²) in [6, 6.07) is 9.51. The van der Waals surface area contributed by atoms with Crippen molar-refractivity contribution in [1.82, 2.24) is 24.9 Å². The zero-order valence-corrected chi connectivity index (χ0v) is 24.3. The minimum Gasteiger partial charge on any atom is -0.386 e. The van der Waals surface area contributed by atoms with Crippen LogP contribution >= 0.6 is 0 Å². The van der Waals surface area contributed by atoms with E-state index >= 15 is 0 Å². The van der Waals surface area contributed by atoms with Gasteiger partial charge in [-0.1, -0.05) is 6.92 Å². The normalized spacial score (nSPS) is 13.7. The van der Waals surface area contributed by atoms with Crippen LogP contribution in [-0.4, -0.2) is 51.3 Å². The molecule has 0 radical (unpaired) electrons. The molecule has 3 N–H and O–H groups in total. The number of benzene rings is 2. The molecule has 3 aromatic heterocycles. The van der Waals surface area contributed by atoms with Crippen molar-refractivity contribution in [2.45, 2.75) is 25.9 Å². The summed E-state index contributed by atoms with van der Waals surface area (Å²) in [6.07, 6.45) is 2.37. The number of aldehydes is 1. The fourth-order valence-electron chi connectivity index (χ4n) is 4.96. The Morgan fingerprint density at radius 2 is 1.80 bits per heavy atom. The number of aromatic amines is 1. The topological polar surface area (TPSA) is 112 Å². The van der Waals surface area contributed by atoms with Crippen molar-refractivity contribution in [3.63, 3.8) is 0 Å². The number of H-pyrrole nitrogens is 1. The monoisotopic (exact) mass is 624 g/mol. The summed E-state index contributed by atoms with van der Waals surface area (Å²) in [6.45, 7) is 3.61. The predicted molar refractivity (Wildman–Crippen MR) is 162 cm³/mol. The van der Waals surface area contributed by atoms with Crippen molar-refractivity contribution in [3.8, 4) is 11.3 Å². The number of hydrogen-bond donors (Lipinski definition) is 3. The number of fused-ring (bicyclic) bond motifs is 1. The number of pyridine rings is 1. The van der Waals surface area contributed by atoms with E-state index in [1.807, 2.05) is 4.90 Å². The van der Waals surface area contributed by atoms with Gasteiger partial charge in [-0.25, -0.2) is 28.7 Å². The molecule has 1 saturated heterocycles. The Morgan fingerprint density at radius 1 is 1.02 bits per heavy atom. The van der Waals surface area contributed by atoms with Gasteiger partial charge in [0.1, 0.15) is 41.1 Å². The molecule has 1 aliphatic rings. The summed E-state index contributed by atoms with van der Waals surface area (Å²) >= 11 is 0. The third-order valence-corrected chi connectivity index (χ3v) is 7.44. The molecule has 0 amide bonds. The first-order valence-electron chi connectivity index (χ1n) is 14.0. The Kier molecular flexibility index (Phi) is 9.21. The first-order chi connectivity index (χ1) is 21.6. The first-order valence-corrected chi connectivity index (χ1v) is 14.0. The average Bonchev–Trinajstić information content (AvgIpc) is 3.53. The summed E-state index contributed by atoms with van der Waals surface area (Å²) in [7, 11) is 1.56. The molecule has 14 heteroatoms. The molecule has 0 spiro atoms. The maximum Gasteiger partial charge on any atom is 0.416 e. The number of rotatable bonds is 6. The second-order valence-corrected chi connectivity index (χ2v) is 10.5. The first kappa shape index (κ1) is 31.3. The van der Waals surface area contributed by atoms with Gasteiger partial charge in [0, 0.05) is 43.1 Å². The smallest absolute Gasteiger partial charge is 0.386 e. The van der Waals surface area contributed by atoms with Gasteiger partial charge in [0.15, 0.2) is 11.5 Å². The minimum absolute atomic E-state index is 0.0726. The molecule has 9 nitrogen and oxygen atoms in total. The van der Waals surface area contributed by atoms with Crippen LogP contribution in [0.25, 0.3) is 22.4 Å². The highest BCUT2D eigenvalue weighted by atomic mass is 19.4. The van der Waals surface area contributed by atoms with Gasteiger partial charge in [-0.2, -0.15) is 13.2 Å². The Labute approximate surface area is 255 Å². The summed E-state index contributed by atoms with van der Waals surface area (Å²) < 4.78 is 67.0. The molecule has 2 aromatic carbocycles. The highest BCUT2D eigenvalue weighted by Gasteiger charge is 2.32. The SMILES string of the molecule is CC1CCN(c2cc(C=O)cc(C(F)(F)F)c2)CC1.CNc1ccc(F)c(Nc2ncccc2-c2ncnc3nc[nH]c23)c1F. The summed E-state index contributed by atoms with van der Waals surface area (Å²) in [5.41, 5.74) is 1.84. The van der Waals surface area contributed by atoms with Crippen molar-refractivity contribution >= 4 is 40.3 Å². The van der Waals surface area contributed by atoms with Crippen LogP contribution in [0, 0.1) is 17.6 Å². The quantitative estimate of drug-likeness (QED) is 0.134. The molecule has 0 atom stereocenters. The molecule has 234 valence electrons. The molecule has 6 rings (SSSR count). The van der Waals surface area contributed by atoms with E-state index in [0.29, 0.717) is 40.3 Å². The van der Waals surface area contributed by atoms with Crippen LogP contribution < -0.4 is 15.5 Å². The maximum atomic E-state index is 14.5. The van der Waals surface area contributed by atoms with Crippen LogP contribution in [0.4, 0.5) is 44.8 Å². The number of aromatic nitrogens is 5. The van der Waals surface area contributed by atoms with Crippen molar-refractivity contribution in [2.75, 3.05) is 35.7 Å². The number of hydrogen-bond acceptors (Lipinski definition) is 8. The molecule has 0 saturated carbocycles. The fourth-order valence-corrected chi connectivity index (χ4v) is 4.96. The van der Waals surface area contributed by atoms with E-state index < -0.39 is 23.4 Å². The number of anilines is 4. The van der Waals surface area contributed by atoms with Crippen LogP contribution in [-0.2, 0) is 6.18 Å². The molecule has 1 aliphatic heterocycles. The van der Waals surface area contributed by atoms with E-state index in [2.05, 4.69) is 42.5 Å². The van der Waals surface area contributed by atoms with Gasteiger partial charge < -0.3 is 20.5 Å². The van der Waals surface area contributed by atoms with Crippen LogP contribution in [0.1, 0.15) is 35.7 Å². The van der Waals surface area contributed by atoms with Gasteiger partial charge in [0.05, 0.1) is 17.6 Å². The zero-order chi connectivity index (χ0) is 32.1. The van der Waals surface area contributed by atoms with E-state index in [9.17, 15) is 26.7 Å². The number of nitrogens with zero attached hydrogens (tertiary/aromatic N) is 5. The fraction of sp³-hybridized carbons (Fsp3) is 0.258. The van der Waals surface area contributed by atoms with Gasteiger partial charge in [-0.15, -0.1) is 0 Å². The van der Waals surface area contributed by atoms with Gasteiger partial charge in [-0.3, -0.25) is 4.79 Å². The van der Waals surface area contributed by atoms with Crippen LogP contribution in [0.3, 0.4) is 0 Å². The van der Waals surface area contributed by atoms with Crippen molar-refractivity contribution in [3.05, 3.63) is 84.1 Å². The molecule has 0 bridgehead atoms. The lowest BCUT2D eigenvalue weighted by molar-refractivity contribution is -0.137. The highest BCUT2D eigenvalue weighted by Crippen LogP contribution is 2.35. The van der Waals surface area contributed by atoms with Gasteiger partial charge in [0.25, 0.3) is 0 Å². The van der Waals surface area contributed by atoms with Gasteiger partial charge in [0.2, 0.25) is 0 Å². The number of piperidine rings is 1. The summed E-state index contributed by atoms with van der Waals surface area (Å²) in [4.78, 5) is 32.3. The second kappa shape index (κ2) is 13.2. The van der Waals surface area contributed by atoms with E-state index in [1.165, 1.54) is 37.1 Å². The second-order valence-electron chi connectivity index (χ2n) is 10.5. The number of imidazole rings is 1. The number of carbonyl (C=O) groups is 1. The molecular formula is C31H29F5N8O. The third-order valence-electron chi connectivity index (χ3n) is 7.44.